The summed E-state index contributed by atoms with van der Waals surface area (Å²) in [5.41, 5.74) is 0.838. The van der Waals surface area contributed by atoms with E-state index >= 15 is 0 Å². The molecule has 0 radical (unpaired) electrons. The first-order valence-electron chi connectivity index (χ1n) is 5.61. The Kier molecular flexibility index (Phi) is 4.22. The number of amides is 3. The van der Waals surface area contributed by atoms with Gasteiger partial charge in [-0.1, -0.05) is 12.1 Å². The molecule has 1 aromatic carbocycles. The van der Waals surface area contributed by atoms with Gasteiger partial charge in [0.2, 0.25) is 5.91 Å². The molecule has 1 aromatic rings. The molecule has 0 unspecified atom stereocenters. The van der Waals surface area contributed by atoms with Crippen molar-refractivity contribution in [1.29, 1.82) is 0 Å². The van der Waals surface area contributed by atoms with Crippen molar-refractivity contribution >= 4 is 23.7 Å². The third kappa shape index (κ3) is 3.02. The fourth-order valence-corrected chi connectivity index (χ4v) is 2.40. The Labute approximate surface area is 109 Å². The van der Waals surface area contributed by atoms with Crippen molar-refractivity contribution in [3.63, 3.8) is 0 Å². The van der Waals surface area contributed by atoms with E-state index in [0.717, 1.165) is 10.5 Å². The maximum absolute atomic E-state index is 11.8. The smallest absolute Gasteiger partial charge is 0.324 e. The van der Waals surface area contributed by atoms with Gasteiger partial charge in [-0.25, -0.2) is 4.79 Å². The first-order chi connectivity index (χ1) is 8.70. The molecule has 0 aromatic heterocycles. The summed E-state index contributed by atoms with van der Waals surface area (Å²) in [6, 6.07) is 7.03. The zero-order valence-corrected chi connectivity index (χ0v) is 10.6. The van der Waals surface area contributed by atoms with Gasteiger partial charge < -0.3 is 10.4 Å². The fraction of sp³-hybridized carbons (Fsp3) is 0.333. The van der Waals surface area contributed by atoms with Gasteiger partial charge in [0.1, 0.15) is 0 Å². The topological polar surface area (TPSA) is 69.6 Å². The molecule has 0 aliphatic carbocycles. The van der Waals surface area contributed by atoms with E-state index in [-0.39, 0.29) is 24.3 Å². The number of nitrogens with zero attached hydrogens (tertiary/aromatic N) is 1. The number of urea groups is 1. The Bertz CT molecular complexity index is 447. The maximum Gasteiger partial charge on any atom is 0.324 e. The Hall–Kier alpha value is -1.53. The van der Waals surface area contributed by atoms with Crippen LogP contribution in [-0.4, -0.2) is 40.8 Å². The summed E-state index contributed by atoms with van der Waals surface area (Å²) < 4.78 is 0. The van der Waals surface area contributed by atoms with Gasteiger partial charge >= 0.3 is 6.03 Å². The average Bonchev–Trinajstić information content (AvgIpc) is 2.83. The van der Waals surface area contributed by atoms with Gasteiger partial charge in [0.05, 0.1) is 12.4 Å². The van der Waals surface area contributed by atoms with E-state index in [4.69, 9.17) is 5.11 Å². The van der Waals surface area contributed by atoms with E-state index in [0.29, 0.717) is 13.1 Å². The summed E-state index contributed by atoms with van der Waals surface area (Å²) in [6.07, 6.45) is 0. The van der Waals surface area contributed by atoms with Crippen LogP contribution in [0.1, 0.15) is 5.56 Å². The van der Waals surface area contributed by atoms with E-state index in [1.165, 1.54) is 16.7 Å². The number of aliphatic hydroxyl groups excluding tert-OH is 1. The summed E-state index contributed by atoms with van der Waals surface area (Å²) in [5, 5.41) is 11.5. The SMILES string of the molecule is O=C(CSc1ccc(CO)cc1)N1CCNC1=O. The Balaban J connectivity index is 1.86. The van der Waals surface area contributed by atoms with Crippen LogP contribution in [0.3, 0.4) is 0 Å². The summed E-state index contributed by atoms with van der Waals surface area (Å²) in [7, 11) is 0. The molecule has 18 heavy (non-hydrogen) atoms. The van der Waals surface area contributed by atoms with Gasteiger partial charge in [-0.15, -0.1) is 11.8 Å². The number of nitrogens with one attached hydrogen (secondary N) is 1. The fourth-order valence-electron chi connectivity index (χ4n) is 1.62. The molecule has 96 valence electrons. The molecular formula is C12H14N2O3S. The lowest BCUT2D eigenvalue weighted by molar-refractivity contribution is -0.124. The van der Waals surface area contributed by atoms with E-state index in [9.17, 15) is 9.59 Å². The van der Waals surface area contributed by atoms with Crippen molar-refractivity contribution in [1.82, 2.24) is 10.2 Å². The summed E-state index contributed by atoms with van der Waals surface area (Å²) >= 11 is 1.38. The number of imide groups is 1. The maximum atomic E-state index is 11.8. The standard InChI is InChI=1S/C12H14N2O3S/c15-7-9-1-3-10(4-2-9)18-8-11(16)14-6-5-13-12(14)17/h1-4,15H,5-8H2,(H,13,17). The lowest BCUT2D eigenvalue weighted by Gasteiger charge is -2.11. The molecule has 3 amide bonds. The number of carbonyl (C=O) groups is 2. The van der Waals surface area contributed by atoms with Crippen LogP contribution in [0, 0.1) is 0 Å². The van der Waals surface area contributed by atoms with Gasteiger partial charge in [-0.05, 0) is 17.7 Å². The van der Waals surface area contributed by atoms with Crippen molar-refractivity contribution in [2.24, 2.45) is 0 Å². The van der Waals surface area contributed by atoms with Crippen LogP contribution in [0.2, 0.25) is 0 Å². The molecule has 5 nitrogen and oxygen atoms in total. The minimum atomic E-state index is -0.309. The van der Waals surface area contributed by atoms with Crippen LogP contribution >= 0.6 is 11.8 Å². The van der Waals surface area contributed by atoms with E-state index < -0.39 is 0 Å². The number of hydrogen-bond acceptors (Lipinski definition) is 4. The predicted molar refractivity (Wildman–Crippen MR) is 68.2 cm³/mol. The van der Waals surface area contributed by atoms with Crippen molar-refractivity contribution in [2.75, 3.05) is 18.8 Å². The number of carbonyl (C=O) groups excluding carboxylic acids is 2. The highest BCUT2D eigenvalue weighted by Gasteiger charge is 2.25. The molecule has 2 N–H and O–H groups in total. The van der Waals surface area contributed by atoms with Crippen molar-refractivity contribution in [3.8, 4) is 0 Å². The average molecular weight is 266 g/mol. The zero-order chi connectivity index (χ0) is 13.0. The highest BCUT2D eigenvalue weighted by Crippen LogP contribution is 2.19. The molecule has 1 fully saturated rings. The number of benzene rings is 1. The highest BCUT2D eigenvalue weighted by atomic mass is 32.2. The third-order valence-electron chi connectivity index (χ3n) is 2.63. The first-order valence-corrected chi connectivity index (χ1v) is 6.60. The molecule has 0 bridgehead atoms. The Morgan fingerprint density at radius 3 is 2.67 bits per heavy atom. The van der Waals surface area contributed by atoms with Gasteiger partial charge in [-0.2, -0.15) is 0 Å². The monoisotopic (exact) mass is 266 g/mol. The van der Waals surface area contributed by atoms with Crippen LogP contribution in [0.5, 0.6) is 0 Å². The van der Waals surface area contributed by atoms with Crippen LogP contribution in [0.4, 0.5) is 4.79 Å². The van der Waals surface area contributed by atoms with Crippen molar-refractivity contribution < 1.29 is 14.7 Å². The van der Waals surface area contributed by atoms with E-state index in [2.05, 4.69) is 5.32 Å². The molecule has 1 aliphatic rings. The van der Waals surface area contributed by atoms with Crippen molar-refractivity contribution in [2.45, 2.75) is 11.5 Å². The molecule has 1 heterocycles. The van der Waals surface area contributed by atoms with E-state index in [1.54, 1.807) is 0 Å². The second-order valence-electron chi connectivity index (χ2n) is 3.87. The minimum absolute atomic E-state index is 0.0117. The normalized spacial score (nSPS) is 14.7. The number of aliphatic hydroxyl groups is 1. The lowest BCUT2D eigenvalue weighted by Crippen LogP contribution is -2.35. The second kappa shape index (κ2) is 5.88. The van der Waals surface area contributed by atoms with Gasteiger partial charge in [0.25, 0.3) is 0 Å². The van der Waals surface area contributed by atoms with E-state index in [1.807, 2.05) is 24.3 Å². The summed E-state index contributed by atoms with van der Waals surface area (Å²) in [6.45, 7) is 0.986. The number of thioether (sulfide) groups is 1. The molecular weight excluding hydrogens is 252 g/mol. The largest absolute Gasteiger partial charge is 0.392 e. The predicted octanol–water partition coefficient (Wildman–Crippen LogP) is 0.823. The van der Waals surface area contributed by atoms with Gasteiger partial charge in [-0.3, -0.25) is 9.69 Å². The minimum Gasteiger partial charge on any atom is -0.392 e. The number of hydrogen-bond donors (Lipinski definition) is 2. The molecule has 0 saturated carbocycles. The molecule has 1 saturated heterocycles. The number of rotatable bonds is 4. The lowest BCUT2D eigenvalue weighted by atomic mass is 10.2. The zero-order valence-electron chi connectivity index (χ0n) is 9.76. The molecule has 0 atom stereocenters. The molecule has 1 aliphatic heterocycles. The van der Waals surface area contributed by atoms with Crippen LogP contribution in [0.15, 0.2) is 29.2 Å². The van der Waals surface area contributed by atoms with Gasteiger partial charge in [0.15, 0.2) is 0 Å². The van der Waals surface area contributed by atoms with Crippen LogP contribution in [0.25, 0.3) is 0 Å². The summed E-state index contributed by atoms with van der Waals surface area (Å²) in [4.78, 5) is 25.2. The summed E-state index contributed by atoms with van der Waals surface area (Å²) in [5.74, 6) is 0.0625. The van der Waals surface area contributed by atoms with Crippen molar-refractivity contribution in [3.05, 3.63) is 29.8 Å². The quantitative estimate of drug-likeness (QED) is 0.792. The van der Waals surface area contributed by atoms with Crippen LogP contribution in [-0.2, 0) is 11.4 Å². The molecule has 6 heteroatoms. The Morgan fingerprint density at radius 1 is 1.39 bits per heavy atom. The second-order valence-corrected chi connectivity index (χ2v) is 4.92. The first kappa shape index (κ1) is 12.9. The molecule has 0 spiro atoms. The molecule has 2 rings (SSSR count). The van der Waals surface area contributed by atoms with Crippen LogP contribution < -0.4 is 5.32 Å². The third-order valence-corrected chi connectivity index (χ3v) is 3.62. The van der Waals surface area contributed by atoms with Gasteiger partial charge in [0, 0.05) is 18.0 Å². The Morgan fingerprint density at radius 2 is 2.11 bits per heavy atom. The highest BCUT2D eigenvalue weighted by molar-refractivity contribution is 8.00.